The van der Waals surface area contributed by atoms with E-state index >= 15 is 0 Å². The van der Waals surface area contributed by atoms with Crippen molar-refractivity contribution in [2.45, 2.75) is 26.4 Å². The van der Waals surface area contributed by atoms with Gasteiger partial charge in [-0.1, -0.05) is 0 Å². The Morgan fingerprint density at radius 2 is 2.18 bits per heavy atom. The van der Waals surface area contributed by atoms with Gasteiger partial charge >= 0.3 is 0 Å². The van der Waals surface area contributed by atoms with E-state index in [4.69, 9.17) is 15.2 Å². The van der Waals surface area contributed by atoms with E-state index in [-0.39, 0.29) is 11.9 Å². The zero-order valence-corrected chi connectivity index (χ0v) is 10.4. The highest BCUT2D eigenvalue weighted by molar-refractivity contribution is 5.32. The first-order valence-corrected chi connectivity index (χ1v) is 5.88. The van der Waals surface area contributed by atoms with Gasteiger partial charge in [-0.15, -0.1) is 0 Å². The number of halogens is 1. The lowest BCUT2D eigenvalue weighted by Crippen LogP contribution is -2.25. The van der Waals surface area contributed by atoms with Gasteiger partial charge in [-0.3, -0.25) is 0 Å². The highest BCUT2D eigenvalue weighted by Gasteiger charge is 2.07. The first-order valence-electron chi connectivity index (χ1n) is 5.88. The second-order valence-corrected chi connectivity index (χ2v) is 3.86. The minimum atomic E-state index is -0.246. The molecular formula is C13H20FNO2. The van der Waals surface area contributed by atoms with Gasteiger partial charge < -0.3 is 15.2 Å². The summed E-state index contributed by atoms with van der Waals surface area (Å²) >= 11 is 0. The zero-order chi connectivity index (χ0) is 12.7. The number of hydrogen-bond acceptors (Lipinski definition) is 3. The Labute approximate surface area is 102 Å². The largest absolute Gasteiger partial charge is 0.493 e. The van der Waals surface area contributed by atoms with Gasteiger partial charge in [0.05, 0.1) is 12.7 Å². The van der Waals surface area contributed by atoms with Crippen LogP contribution < -0.4 is 10.5 Å². The predicted molar refractivity (Wildman–Crippen MR) is 65.7 cm³/mol. The van der Waals surface area contributed by atoms with Crippen LogP contribution in [0.3, 0.4) is 0 Å². The monoisotopic (exact) mass is 241 g/mol. The Balaban J connectivity index is 2.39. The van der Waals surface area contributed by atoms with Crippen molar-refractivity contribution in [2.75, 3.05) is 19.8 Å². The van der Waals surface area contributed by atoms with Crippen molar-refractivity contribution < 1.29 is 13.9 Å². The van der Waals surface area contributed by atoms with Crippen LogP contribution in [0.25, 0.3) is 0 Å². The van der Waals surface area contributed by atoms with Gasteiger partial charge in [-0.25, -0.2) is 4.39 Å². The average Bonchev–Trinajstić information content (AvgIpc) is 2.30. The summed E-state index contributed by atoms with van der Waals surface area (Å²) in [6, 6.07) is 4.49. The Kier molecular flexibility index (Phi) is 5.94. The van der Waals surface area contributed by atoms with Gasteiger partial charge in [0.2, 0.25) is 0 Å². The zero-order valence-electron chi connectivity index (χ0n) is 10.4. The lowest BCUT2D eigenvalue weighted by molar-refractivity contribution is 0.0526. The van der Waals surface area contributed by atoms with Crippen molar-refractivity contribution in [2.24, 2.45) is 5.73 Å². The first kappa shape index (κ1) is 13.9. The molecule has 0 saturated heterocycles. The van der Waals surface area contributed by atoms with Crippen LogP contribution in [0.15, 0.2) is 18.2 Å². The molecule has 0 aliphatic rings. The lowest BCUT2D eigenvalue weighted by atomic mass is 10.2. The summed E-state index contributed by atoms with van der Waals surface area (Å²) in [5.41, 5.74) is 6.35. The maximum Gasteiger partial charge on any atom is 0.123 e. The quantitative estimate of drug-likeness (QED) is 0.796. The Bertz CT molecular complexity index is 344. The smallest absolute Gasteiger partial charge is 0.123 e. The lowest BCUT2D eigenvalue weighted by Gasteiger charge is -2.15. The number of hydrogen-bond donors (Lipinski definition) is 1. The van der Waals surface area contributed by atoms with Crippen molar-refractivity contribution in [3.63, 3.8) is 0 Å². The molecule has 0 radical (unpaired) electrons. The van der Waals surface area contributed by atoms with Crippen molar-refractivity contribution in [3.8, 4) is 5.75 Å². The van der Waals surface area contributed by atoms with E-state index in [0.717, 1.165) is 12.0 Å². The molecule has 0 fully saturated rings. The summed E-state index contributed by atoms with van der Waals surface area (Å²) in [6.07, 6.45) is 0.766. The van der Waals surface area contributed by atoms with Crippen LogP contribution in [0.4, 0.5) is 4.39 Å². The summed E-state index contributed by atoms with van der Waals surface area (Å²) in [6.45, 7) is 5.42. The van der Waals surface area contributed by atoms with Crippen LogP contribution in [0.5, 0.6) is 5.75 Å². The van der Waals surface area contributed by atoms with Crippen molar-refractivity contribution in [3.05, 3.63) is 29.6 Å². The molecule has 0 bridgehead atoms. The maximum atomic E-state index is 12.9. The number of ether oxygens (including phenoxy) is 2. The van der Waals surface area contributed by atoms with Gasteiger partial charge in [0, 0.05) is 19.6 Å². The highest BCUT2D eigenvalue weighted by atomic mass is 19.1. The standard InChI is InChI=1S/C13H20FNO2/c1-3-16-12(9-15)6-7-17-13-5-4-11(14)8-10(13)2/h4-5,8,12H,3,6-7,9,15H2,1-2H3. The van der Waals surface area contributed by atoms with E-state index in [1.807, 2.05) is 13.8 Å². The van der Waals surface area contributed by atoms with Gasteiger partial charge in [0.15, 0.2) is 0 Å². The summed E-state index contributed by atoms with van der Waals surface area (Å²) < 4.78 is 23.8. The molecule has 0 saturated carbocycles. The van der Waals surface area contributed by atoms with Crippen LogP contribution in [-0.2, 0) is 4.74 Å². The molecule has 4 heteroatoms. The summed E-state index contributed by atoms with van der Waals surface area (Å²) in [5, 5.41) is 0. The second kappa shape index (κ2) is 7.25. The molecule has 0 aliphatic heterocycles. The van der Waals surface area contributed by atoms with E-state index in [1.165, 1.54) is 12.1 Å². The van der Waals surface area contributed by atoms with Crippen molar-refractivity contribution >= 4 is 0 Å². The summed E-state index contributed by atoms with van der Waals surface area (Å²) in [5.74, 6) is 0.461. The van der Waals surface area contributed by atoms with E-state index in [2.05, 4.69) is 0 Å². The minimum Gasteiger partial charge on any atom is -0.493 e. The van der Waals surface area contributed by atoms with Crippen molar-refractivity contribution in [1.29, 1.82) is 0 Å². The van der Waals surface area contributed by atoms with E-state index in [1.54, 1.807) is 6.07 Å². The van der Waals surface area contributed by atoms with Gasteiger partial charge in [0.25, 0.3) is 0 Å². The molecule has 96 valence electrons. The van der Waals surface area contributed by atoms with E-state index in [9.17, 15) is 4.39 Å². The molecule has 1 aromatic rings. The minimum absolute atomic E-state index is 0.0285. The fourth-order valence-corrected chi connectivity index (χ4v) is 1.58. The number of benzene rings is 1. The Hall–Kier alpha value is -1.13. The molecular weight excluding hydrogens is 221 g/mol. The topological polar surface area (TPSA) is 44.5 Å². The third-order valence-corrected chi connectivity index (χ3v) is 2.50. The average molecular weight is 241 g/mol. The fourth-order valence-electron chi connectivity index (χ4n) is 1.58. The number of nitrogens with two attached hydrogens (primary N) is 1. The van der Waals surface area contributed by atoms with Crippen LogP contribution >= 0.6 is 0 Å². The molecule has 0 heterocycles. The molecule has 0 aliphatic carbocycles. The third-order valence-electron chi connectivity index (χ3n) is 2.50. The molecule has 1 rings (SSSR count). The molecule has 0 spiro atoms. The van der Waals surface area contributed by atoms with Crippen LogP contribution in [0.1, 0.15) is 18.9 Å². The van der Waals surface area contributed by atoms with Crippen LogP contribution in [0.2, 0.25) is 0 Å². The predicted octanol–water partition coefficient (Wildman–Crippen LogP) is 2.27. The van der Waals surface area contributed by atoms with Gasteiger partial charge in [0.1, 0.15) is 11.6 Å². The van der Waals surface area contributed by atoms with E-state index < -0.39 is 0 Å². The third kappa shape index (κ3) is 4.71. The first-order chi connectivity index (χ1) is 8.17. The summed E-state index contributed by atoms with van der Waals surface area (Å²) in [4.78, 5) is 0. The Morgan fingerprint density at radius 1 is 1.41 bits per heavy atom. The molecule has 1 unspecified atom stereocenters. The van der Waals surface area contributed by atoms with E-state index in [0.29, 0.717) is 25.5 Å². The maximum absolute atomic E-state index is 12.9. The van der Waals surface area contributed by atoms with Crippen molar-refractivity contribution in [1.82, 2.24) is 0 Å². The second-order valence-electron chi connectivity index (χ2n) is 3.86. The van der Waals surface area contributed by atoms with Crippen LogP contribution in [0, 0.1) is 12.7 Å². The molecule has 3 nitrogen and oxygen atoms in total. The fraction of sp³-hybridized carbons (Fsp3) is 0.538. The van der Waals surface area contributed by atoms with Gasteiger partial charge in [-0.2, -0.15) is 0 Å². The molecule has 0 aromatic heterocycles. The van der Waals surface area contributed by atoms with Crippen LogP contribution in [-0.4, -0.2) is 25.9 Å². The molecule has 1 aromatic carbocycles. The molecule has 1 atom stereocenters. The highest BCUT2D eigenvalue weighted by Crippen LogP contribution is 2.18. The van der Waals surface area contributed by atoms with Gasteiger partial charge in [-0.05, 0) is 37.6 Å². The molecule has 0 amide bonds. The normalized spacial score (nSPS) is 12.5. The summed E-state index contributed by atoms with van der Waals surface area (Å²) in [7, 11) is 0. The number of rotatable bonds is 7. The molecule has 17 heavy (non-hydrogen) atoms. The Morgan fingerprint density at radius 3 is 2.76 bits per heavy atom. The SMILES string of the molecule is CCOC(CN)CCOc1ccc(F)cc1C. The number of aryl methyl sites for hydroxylation is 1. The molecule has 2 N–H and O–H groups in total.